The lowest BCUT2D eigenvalue weighted by Gasteiger charge is -2.32. The Balaban J connectivity index is 1.52. The smallest absolute Gasteiger partial charge is 0.306 e. The molecule has 1 aromatic rings. The van der Waals surface area contributed by atoms with E-state index in [9.17, 15) is 4.79 Å². The molecule has 2 aliphatic carbocycles. The maximum atomic E-state index is 10.7. The molecule has 1 aromatic heterocycles. The summed E-state index contributed by atoms with van der Waals surface area (Å²) in [7, 11) is 0. The van der Waals surface area contributed by atoms with Crippen LogP contribution in [0.15, 0.2) is 12.1 Å². The Hall–Kier alpha value is -1.38. The molecular weight excluding hydrogens is 238 g/mol. The molecule has 1 N–H and O–H groups in total. The number of aliphatic carboxylic acids is 1. The first-order chi connectivity index (χ1) is 9.22. The number of rotatable bonds is 4. The number of pyridine rings is 1. The van der Waals surface area contributed by atoms with Crippen LogP contribution >= 0.6 is 0 Å². The number of carboxylic acid groups (broad SMARTS) is 1. The summed E-state index contributed by atoms with van der Waals surface area (Å²) in [5.41, 5.74) is 3.93. The van der Waals surface area contributed by atoms with Gasteiger partial charge < -0.3 is 5.11 Å². The highest BCUT2D eigenvalue weighted by molar-refractivity contribution is 5.71. The van der Waals surface area contributed by atoms with Gasteiger partial charge in [0.05, 0.1) is 5.92 Å². The summed E-state index contributed by atoms with van der Waals surface area (Å²) in [6, 6.07) is 4.41. The monoisotopic (exact) mass is 259 g/mol. The lowest BCUT2D eigenvalue weighted by atomic mass is 9.72. The van der Waals surface area contributed by atoms with Crippen molar-refractivity contribution in [2.45, 2.75) is 51.4 Å². The van der Waals surface area contributed by atoms with Crippen LogP contribution in [-0.2, 0) is 24.1 Å². The molecular formula is C16H21NO2. The topological polar surface area (TPSA) is 50.2 Å². The van der Waals surface area contributed by atoms with E-state index in [2.05, 4.69) is 12.1 Å². The Kier molecular flexibility index (Phi) is 3.54. The average molecular weight is 259 g/mol. The summed E-state index contributed by atoms with van der Waals surface area (Å²) in [5.74, 6) is -0.108. The molecule has 0 spiro atoms. The molecule has 0 amide bonds. The molecule has 1 heterocycles. The Morgan fingerprint density at radius 1 is 1.26 bits per heavy atom. The third-order valence-electron chi connectivity index (χ3n) is 4.63. The fraction of sp³-hybridized carbons (Fsp3) is 0.625. The van der Waals surface area contributed by atoms with Gasteiger partial charge in [0.2, 0.25) is 0 Å². The predicted molar refractivity (Wildman–Crippen MR) is 73.0 cm³/mol. The van der Waals surface area contributed by atoms with Gasteiger partial charge in [0.15, 0.2) is 0 Å². The molecule has 0 aliphatic heterocycles. The molecule has 0 aromatic carbocycles. The first-order valence-electron chi connectivity index (χ1n) is 7.43. The van der Waals surface area contributed by atoms with E-state index in [1.54, 1.807) is 0 Å². The fourth-order valence-corrected chi connectivity index (χ4v) is 3.29. The van der Waals surface area contributed by atoms with Gasteiger partial charge >= 0.3 is 5.97 Å². The zero-order valence-corrected chi connectivity index (χ0v) is 11.3. The highest BCUT2D eigenvalue weighted by atomic mass is 16.4. The predicted octanol–water partition coefficient (Wildman–Crippen LogP) is 3.00. The van der Waals surface area contributed by atoms with Crippen LogP contribution in [0.2, 0.25) is 0 Å². The highest BCUT2D eigenvalue weighted by Crippen LogP contribution is 2.36. The average Bonchev–Trinajstić information content (AvgIpc) is 2.36. The third-order valence-corrected chi connectivity index (χ3v) is 4.63. The van der Waals surface area contributed by atoms with Gasteiger partial charge in [0.1, 0.15) is 0 Å². The standard InChI is InChI=1S/C16H21NO2/c18-16(19)13-9-11(10-13)5-7-14-8-6-12-3-1-2-4-15(12)17-14/h6,8,11,13H,1-5,7,9-10H2,(H,18,19). The van der Waals surface area contributed by atoms with Crippen LogP contribution in [0, 0.1) is 11.8 Å². The molecule has 0 bridgehead atoms. The molecule has 0 radical (unpaired) electrons. The van der Waals surface area contributed by atoms with Crippen molar-refractivity contribution in [2.75, 3.05) is 0 Å². The molecule has 3 nitrogen and oxygen atoms in total. The van der Waals surface area contributed by atoms with Gasteiger partial charge in [0.25, 0.3) is 0 Å². The number of carbonyl (C=O) groups is 1. The summed E-state index contributed by atoms with van der Waals surface area (Å²) in [4.78, 5) is 15.5. The summed E-state index contributed by atoms with van der Waals surface area (Å²) in [6.07, 6.45) is 8.71. The van der Waals surface area contributed by atoms with Crippen molar-refractivity contribution in [3.05, 3.63) is 29.1 Å². The normalized spacial score (nSPS) is 25.5. The molecule has 0 atom stereocenters. The van der Waals surface area contributed by atoms with Gasteiger partial charge in [-0.15, -0.1) is 0 Å². The first-order valence-corrected chi connectivity index (χ1v) is 7.43. The van der Waals surface area contributed by atoms with E-state index < -0.39 is 5.97 Å². The Bertz CT molecular complexity index is 478. The van der Waals surface area contributed by atoms with Crippen molar-refractivity contribution in [3.8, 4) is 0 Å². The second-order valence-electron chi connectivity index (χ2n) is 6.03. The molecule has 1 saturated carbocycles. The van der Waals surface area contributed by atoms with Crippen LogP contribution in [0.5, 0.6) is 0 Å². The van der Waals surface area contributed by atoms with Gasteiger partial charge in [-0.1, -0.05) is 6.07 Å². The van der Waals surface area contributed by atoms with Crippen LogP contribution < -0.4 is 0 Å². The van der Waals surface area contributed by atoms with Crippen molar-refractivity contribution in [2.24, 2.45) is 11.8 Å². The van der Waals surface area contributed by atoms with Crippen LogP contribution in [0.4, 0.5) is 0 Å². The maximum Gasteiger partial charge on any atom is 0.306 e. The zero-order valence-electron chi connectivity index (χ0n) is 11.3. The summed E-state index contributed by atoms with van der Waals surface area (Å²) in [5, 5.41) is 8.86. The minimum absolute atomic E-state index is 0.0820. The number of hydrogen-bond donors (Lipinski definition) is 1. The SMILES string of the molecule is O=C(O)C1CC(CCc2ccc3c(n2)CCCC3)C1. The minimum Gasteiger partial charge on any atom is -0.481 e. The van der Waals surface area contributed by atoms with Crippen molar-refractivity contribution in [3.63, 3.8) is 0 Å². The first kappa shape index (κ1) is 12.6. The molecule has 102 valence electrons. The van der Waals surface area contributed by atoms with E-state index in [0.29, 0.717) is 5.92 Å². The number of aromatic nitrogens is 1. The number of nitrogens with zero attached hydrogens (tertiary/aromatic N) is 1. The van der Waals surface area contributed by atoms with E-state index in [-0.39, 0.29) is 5.92 Å². The van der Waals surface area contributed by atoms with Gasteiger partial charge in [-0.25, -0.2) is 0 Å². The second-order valence-corrected chi connectivity index (χ2v) is 6.03. The third kappa shape index (κ3) is 2.80. The molecule has 3 rings (SSSR count). The Labute approximate surface area is 114 Å². The maximum absolute atomic E-state index is 10.7. The molecule has 3 heteroatoms. The van der Waals surface area contributed by atoms with Crippen LogP contribution in [0.25, 0.3) is 0 Å². The Morgan fingerprint density at radius 2 is 2.05 bits per heavy atom. The summed E-state index contributed by atoms with van der Waals surface area (Å²) >= 11 is 0. The van der Waals surface area contributed by atoms with Gasteiger partial charge in [-0.05, 0) is 68.9 Å². The van der Waals surface area contributed by atoms with Crippen molar-refractivity contribution in [1.29, 1.82) is 0 Å². The number of fused-ring (bicyclic) bond motifs is 1. The lowest BCUT2D eigenvalue weighted by molar-refractivity contribution is -0.146. The van der Waals surface area contributed by atoms with E-state index in [1.807, 2.05) is 0 Å². The van der Waals surface area contributed by atoms with Crippen LogP contribution in [0.1, 0.15) is 49.1 Å². The highest BCUT2D eigenvalue weighted by Gasteiger charge is 2.33. The summed E-state index contributed by atoms with van der Waals surface area (Å²) in [6.45, 7) is 0. The second kappa shape index (κ2) is 5.32. The van der Waals surface area contributed by atoms with Crippen molar-refractivity contribution < 1.29 is 9.90 Å². The molecule has 2 aliphatic rings. The fourth-order valence-electron chi connectivity index (χ4n) is 3.29. The quantitative estimate of drug-likeness (QED) is 0.904. The molecule has 0 saturated heterocycles. The van der Waals surface area contributed by atoms with E-state index in [0.717, 1.165) is 32.1 Å². The van der Waals surface area contributed by atoms with Gasteiger partial charge in [0, 0.05) is 11.4 Å². The number of aryl methyl sites for hydroxylation is 3. The van der Waals surface area contributed by atoms with E-state index in [4.69, 9.17) is 10.1 Å². The Morgan fingerprint density at radius 3 is 2.84 bits per heavy atom. The van der Waals surface area contributed by atoms with Crippen molar-refractivity contribution >= 4 is 5.97 Å². The largest absolute Gasteiger partial charge is 0.481 e. The summed E-state index contributed by atoms with van der Waals surface area (Å²) < 4.78 is 0. The molecule has 0 unspecified atom stereocenters. The van der Waals surface area contributed by atoms with E-state index >= 15 is 0 Å². The number of hydrogen-bond acceptors (Lipinski definition) is 2. The zero-order chi connectivity index (χ0) is 13.2. The van der Waals surface area contributed by atoms with Gasteiger partial charge in [-0.2, -0.15) is 0 Å². The van der Waals surface area contributed by atoms with E-state index in [1.165, 1.54) is 36.2 Å². The van der Waals surface area contributed by atoms with Crippen molar-refractivity contribution in [1.82, 2.24) is 4.98 Å². The van der Waals surface area contributed by atoms with Crippen LogP contribution in [0.3, 0.4) is 0 Å². The molecule has 1 fully saturated rings. The minimum atomic E-state index is -0.622. The lowest BCUT2D eigenvalue weighted by Crippen LogP contribution is -2.30. The number of carboxylic acids is 1. The van der Waals surface area contributed by atoms with Crippen LogP contribution in [-0.4, -0.2) is 16.1 Å². The van der Waals surface area contributed by atoms with Gasteiger partial charge in [-0.3, -0.25) is 9.78 Å². The molecule has 19 heavy (non-hydrogen) atoms.